The normalized spacial score (nSPS) is 13.4. The van der Waals surface area contributed by atoms with Crippen LogP contribution in [0.5, 0.6) is 0 Å². The van der Waals surface area contributed by atoms with Crippen molar-refractivity contribution < 1.29 is 4.42 Å². The molecule has 2 aromatic rings. The highest BCUT2D eigenvalue weighted by Crippen LogP contribution is 2.24. The van der Waals surface area contributed by atoms with E-state index >= 15 is 0 Å². The Morgan fingerprint density at radius 2 is 1.80 bits per heavy atom. The van der Waals surface area contributed by atoms with Gasteiger partial charge in [0.25, 0.3) is 0 Å². The van der Waals surface area contributed by atoms with Crippen LogP contribution in [-0.4, -0.2) is 6.54 Å². The maximum atomic E-state index is 5.20. The van der Waals surface area contributed by atoms with Crippen molar-refractivity contribution in [3.8, 4) is 0 Å². The molecule has 0 aliphatic carbocycles. The molecule has 1 unspecified atom stereocenters. The van der Waals surface area contributed by atoms with Crippen LogP contribution in [0.2, 0.25) is 0 Å². The zero-order valence-electron chi connectivity index (χ0n) is 12.9. The first-order valence-corrected chi connectivity index (χ1v) is 7.35. The summed E-state index contributed by atoms with van der Waals surface area (Å²) in [7, 11) is 0. The van der Waals surface area contributed by atoms with Gasteiger partial charge in [0.2, 0.25) is 0 Å². The van der Waals surface area contributed by atoms with Crippen molar-refractivity contribution in [1.82, 2.24) is 5.32 Å². The molecule has 0 spiro atoms. The second kappa shape index (κ2) is 6.27. The Hall–Kier alpha value is -1.54. The predicted molar refractivity (Wildman–Crippen MR) is 84.0 cm³/mol. The van der Waals surface area contributed by atoms with Crippen LogP contribution in [-0.2, 0) is 11.8 Å². The predicted octanol–water partition coefficient (Wildman–Crippen LogP) is 4.47. The van der Waals surface area contributed by atoms with Crippen molar-refractivity contribution in [3.63, 3.8) is 0 Å². The Bertz CT molecular complexity index is 505. The Morgan fingerprint density at radius 1 is 1.10 bits per heavy atom. The number of benzene rings is 1. The summed E-state index contributed by atoms with van der Waals surface area (Å²) in [6, 6.07) is 11.3. The highest BCUT2D eigenvalue weighted by atomic mass is 16.3. The van der Waals surface area contributed by atoms with Crippen LogP contribution < -0.4 is 5.32 Å². The minimum atomic E-state index is 0.212. The molecule has 0 saturated heterocycles. The lowest BCUT2D eigenvalue weighted by atomic mass is 9.86. The molecule has 1 aromatic heterocycles. The van der Waals surface area contributed by atoms with E-state index in [2.05, 4.69) is 57.3 Å². The van der Waals surface area contributed by atoms with Crippen molar-refractivity contribution in [2.45, 2.75) is 45.6 Å². The molecule has 0 bridgehead atoms. The monoisotopic (exact) mass is 271 g/mol. The maximum Gasteiger partial charge on any atom is 0.0950 e. The summed E-state index contributed by atoms with van der Waals surface area (Å²) in [6.07, 6.45) is 4.55. The Morgan fingerprint density at radius 3 is 2.30 bits per heavy atom. The lowest BCUT2D eigenvalue weighted by Crippen LogP contribution is -2.22. The molecule has 0 aliphatic rings. The molecule has 2 heteroatoms. The molecule has 1 N–H and O–H groups in total. The van der Waals surface area contributed by atoms with Crippen molar-refractivity contribution in [1.29, 1.82) is 0 Å². The number of hydrogen-bond donors (Lipinski definition) is 1. The van der Waals surface area contributed by atoms with Gasteiger partial charge in [0.1, 0.15) is 0 Å². The highest BCUT2D eigenvalue weighted by molar-refractivity contribution is 5.29. The topological polar surface area (TPSA) is 25.2 Å². The van der Waals surface area contributed by atoms with Gasteiger partial charge in [-0.2, -0.15) is 0 Å². The molecule has 0 amide bonds. The number of hydrogen-bond acceptors (Lipinski definition) is 2. The van der Waals surface area contributed by atoms with Crippen LogP contribution >= 0.6 is 0 Å². The van der Waals surface area contributed by atoms with Gasteiger partial charge >= 0.3 is 0 Å². The van der Waals surface area contributed by atoms with Gasteiger partial charge in [-0.1, -0.05) is 52.0 Å². The first-order valence-electron chi connectivity index (χ1n) is 7.35. The van der Waals surface area contributed by atoms with Crippen LogP contribution in [0.25, 0.3) is 0 Å². The molecule has 20 heavy (non-hydrogen) atoms. The van der Waals surface area contributed by atoms with E-state index < -0.39 is 0 Å². The van der Waals surface area contributed by atoms with Gasteiger partial charge in [-0.05, 0) is 35.6 Å². The summed E-state index contributed by atoms with van der Waals surface area (Å²) in [6.45, 7) is 9.82. The highest BCUT2D eigenvalue weighted by Gasteiger charge is 2.15. The summed E-state index contributed by atoms with van der Waals surface area (Å²) in [5.74, 6) is 0. The van der Waals surface area contributed by atoms with Crippen molar-refractivity contribution in [2.24, 2.45) is 0 Å². The summed E-state index contributed by atoms with van der Waals surface area (Å²) in [5, 5.41) is 3.52. The third-order valence-electron chi connectivity index (χ3n) is 3.66. The van der Waals surface area contributed by atoms with Gasteiger partial charge in [-0.25, -0.2) is 0 Å². The van der Waals surface area contributed by atoms with E-state index in [0.29, 0.717) is 6.04 Å². The maximum absolute atomic E-state index is 5.20. The smallest absolute Gasteiger partial charge is 0.0950 e. The van der Waals surface area contributed by atoms with Crippen LogP contribution in [0.3, 0.4) is 0 Å². The summed E-state index contributed by atoms with van der Waals surface area (Å²) < 4.78 is 5.20. The summed E-state index contributed by atoms with van der Waals surface area (Å²) in [4.78, 5) is 0. The number of nitrogens with one attached hydrogen (secondary N) is 1. The van der Waals surface area contributed by atoms with Crippen molar-refractivity contribution >= 4 is 0 Å². The van der Waals surface area contributed by atoms with Gasteiger partial charge in [0, 0.05) is 11.6 Å². The first-order chi connectivity index (χ1) is 9.50. The molecule has 0 saturated carbocycles. The number of rotatable bonds is 5. The minimum Gasteiger partial charge on any atom is -0.472 e. The van der Waals surface area contributed by atoms with Gasteiger partial charge in [-0.15, -0.1) is 0 Å². The number of likely N-dealkylation sites (N-methyl/N-ethyl adjacent to an activating group) is 1. The van der Waals surface area contributed by atoms with E-state index in [4.69, 9.17) is 4.42 Å². The van der Waals surface area contributed by atoms with E-state index in [9.17, 15) is 0 Å². The molecule has 2 nitrogen and oxygen atoms in total. The molecular formula is C18H25NO. The zero-order valence-corrected chi connectivity index (χ0v) is 12.9. The third kappa shape index (κ3) is 3.73. The van der Waals surface area contributed by atoms with Gasteiger partial charge in [0.15, 0.2) is 0 Å². The fraction of sp³-hybridized carbons (Fsp3) is 0.444. The lowest BCUT2D eigenvalue weighted by molar-refractivity contribution is 0.524. The van der Waals surface area contributed by atoms with Gasteiger partial charge in [0.05, 0.1) is 12.5 Å². The van der Waals surface area contributed by atoms with Crippen LogP contribution in [0.1, 0.15) is 50.4 Å². The average Bonchev–Trinajstić information content (AvgIpc) is 2.91. The molecule has 0 radical (unpaired) electrons. The van der Waals surface area contributed by atoms with Crippen LogP contribution in [0.15, 0.2) is 47.3 Å². The van der Waals surface area contributed by atoms with E-state index in [1.165, 1.54) is 16.7 Å². The molecule has 0 aliphatic heterocycles. The second-order valence-electron chi connectivity index (χ2n) is 6.32. The van der Waals surface area contributed by atoms with Crippen molar-refractivity contribution in [2.75, 3.05) is 6.54 Å². The van der Waals surface area contributed by atoms with Crippen LogP contribution in [0, 0.1) is 0 Å². The van der Waals surface area contributed by atoms with E-state index in [1.807, 2.05) is 12.3 Å². The fourth-order valence-electron chi connectivity index (χ4n) is 2.40. The standard InChI is InChI=1S/C18H25NO/c1-5-19-17(15-10-11-20-13-15)12-14-6-8-16(9-7-14)18(2,3)4/h6-11,13,17,19H,5,12H2,1-4H3. The van der Waals surface area contributed by atoms with E-state index in [-0.39, 0.29) is 5.41 Å². The second-order valence-corrected chi connectivity index (χ2v) is 6.32. The Labute approximate surface area is 122 Å². The number of furan rings is 1. The molecule has 108 valence electrons. The quantitative estimate of drug-likeness (QED) is 0.868. The molecular weight excluding hydrogens is 246 g/mol. The van der Waals surface area contributed by atoms with Crippen molar-refractivity contribution in [3.05, 3.63) is 59.5 Å². The summed E-state index contributed by atoms with van der Waals surface area (Å²) in [5.41, 5.74) is 4.16. The molecule has 0 fully saturated rings. The molecule has 1 aromatic carbocycles. The van der Waals surface area contributed by atoms with Gasteiger partial charge < -0.3 is 9.73 Å². The van der Waals surface area contributed by atoms with Crippen LogP contribution in [0.4, 0.5) is 0 Å². The minimum absolute atomic E-state index is 0.212. The first kappa shape index (κ1) is 14.9. The third-order valence-corrected chi connectivity index (χ3v) is 3.66. The molecule has 2 rings (SSSR count). The Kier molecular flexibility index (Phi) is 4.66. The van der Waals surface area contributed by atoms with E-state index in [1.54, 1.807) is 6.26 Å². The SMILES string of the molecule is CCNC(Cc1ccc(C(C)(C)C)cc1)c1ccoc1. The average molecular weight is 271 g/mol. The lowest BCUT2D eigenvalue weighted by Gasteiger charge is -2.20. The molecule has 1 atom stereocenters. The van der Waals surface area contributed by atoms with E-state index in [0.717, 1.165) is 13.0 Å². The fourth-order valence-corrected chi connectivity index (χ4v) is 2.40. The molecule has 1 heterocycles. The zero-order chi connectivity index (χ0) is 14.6. The summed E-state index contributed by atoms with van der Waals surface area (Å²) >= 11 is 0. The largest absolute Gasteiger partial charge is 0.472 e. The Balaban J connectivity index is 2.11. The van der Waals surface area contributed by atoms with Gasteiger partial charge in [-0.3, -0.25) is 0 Å².